The van der Waals surface area contributed by atoms with E-state index in [2.05, 4.69) is 36.7 Å². The Morgan fingerprint density at radius 3 is 2.56 bits per heavy atom. The molecule has 0 N–H and O–H groups in total. The van der Waals surface area contributed by atoms with Crippen molar-refractivity contribution in [2.45, 2.75) is 32.8 Å². The molecule has 0 unspecified atom stereocenters. The molecule has 0 saturated carbocycles. The van der Waals surface area contributed by atoms with Gasteiger partial charge < -0.3 is 9.47 Å². The van der Waals surface area contributed by atoms with Crippen molar-refractivity contribution in [1.82, 2.24) is 0 Å². The number of hydrogen-bond donors (Lipinski definition) is 0. The van der Waals surface area contributed by atoms with Crippen LogP contribution >= 0.6 is 15.9 Å². The van der Waals surface area contributed by atoms with Gasteiger partial charge in [-0.1, -0.05) is 15.9 Å². The molecular formula is C13H19BrO2. The third-order valence-corrected chi connectivity index (χ3v) is 3.54. The topological polar surface area (TPSA) is 18.5 Å². The lowest BCUT2D eigenvalue weighted by Gasteiger charge is -2.22. The molecule has 0 atom stereocenters. The maximum absolute atomic E-state index is 5.68. The van der Waals surface area contributed by atoms with Crippen molar-refractivity contribution in [3.8, 4) is 5.75 Å². The molecule has 0 amide bonds. The summed E-state index contributed by atoms with van der Waals surface area (Å²) in [6.45, 7) is 6.84. The van der Waals surface area contributed by atoms with Crippen molar-refractivity contribution in [2.75, 3.05) is 13.7 Å². The number of hydrogen-bond acceptors (Lipinski definition) is 2. The van der Waals surface area contributed by atoms with Crippen molar-refractivity contribution in [3.05, 3.63) is 28.2 Å². The third kappa shape index (κ3) is 4.14. The second-order valence-electron chi connectivity index (χ2n) is 4.47. The minimum atomic E-state index is -0.121. The normalized spacial score (nSPS) is 11.6. The fraction of sp³-hybridized carbons (Fsp3) is 0.538. The molecule has 16 heavy (non-hydrogen) atoms. The van der Waals surface area contributed by atoms with E-state index in [1.807, 2.05) is 18.2 Å². The molecule has 0 bridgehead atoms. The summed E-state index contributed by atoms with van der Waals surface area (Å²) in [6, 6.07) is 6.01. The van der Waals surface area contributed by atoms with Crippen molar-refractivity contribution in [2.24, 2.45) is 0 Å². The Morgan fingerprint density at radius 2 is 2.00 bits per heavy atom. The molecule has 90 valence electrons. The Balaban J connectivity index is 2.46. The molecule has 0 saturated heterocycles. The van der Waals surface area contributed by atoms with Gasteiger partial charge >= 0.3 is 0 Å². The lowest BCUT2D eigenvalue weighted by atomic mass is 10.1. The summed E-state index contributed by atoms with van der Waals surface area (Å²) in [5, 5.41) is 0. The van der Waals surface area contributed by atoms with Crippen molar-refractivity contribution in [1.29, 1.82) is 0 Å². The van der Waals surface area contributed by atoms with E-state index in [1.54, 1.807) is 7.11 Å². The molecule has 2 nitrogen and oxygen atoms in total. The highest BCUT2D eigenvalue weighted by Gasteiger charge is 2.15. The smallest absolute Gasteiger partial charge is 0.119 e. The van der Waals surface area contributed by atoms with E-state index in [9.17, 15) is 0 Å². The first-order valence-corrected chi connectivity index (χ1v) is 6.18. The summed E-state index contributed by atoms with van der Waals surface area (Å²) in [4.78, 5) is 0. The van der Waals surface area contributed by atoms with E-state index in [-0.39, 0.29) is 5.60 Å². The van der Waals surface area contributed by atoms with Gasteiger partial charge in [-0.25, -0.2) is 0 Å². The largest absolute Gasteiger partial charge is 0.493 e. The second kappa shape index (κ2) is 5.69. The Bertz CT molecular complexity index is 348. The molecule has 0 heterocycles. The number of rotatable bonds is 5. The molecule has 1 aromatic carbocycles. The molecule has 3 heteroatoms. The number of methoxy groups -OCH3 is 1. The summed E-state index contributed by atoms with van der Waals surface area (Å²) < 4.78 is 12.1. The van der Waals surface area contributed by atoms with Gasteiger partial charge in [0.05, 0.1) is 12.2 Å². The second-order valence-corrected chi connectivity index (χ2v) is 5.33. The van der Waals surface area contributed by atoms with Gasteiger partial charge in [-0.2, -0.15) is 0 Å². The standard InChI is InChI=1S/C13H19BrO2/c1-10-9-11(5-6-12(10)14)16-8-7-13(2,3)15-4/h5-6,9H,7-8H2,1-4H3. The first-order chi connectivity index (χ1) is 7.44. The van der Waals surface area contributed by atoms with Crippen LogP contribution in [-0.2, 0) is 4.74 Å². The van der Waals surface area contributed by atoms with Gasteiger partial charge in [0.1, 0.15) is 5.75 Å². The maximum atomic E-state index is 5.68. The van der Waals surface area contributed by atoms with E-state index in [0.717, 1.165) is 16.6 Å². The van der Waals surface area contributed by atoms with Crippen LogP contribution in [0, 0.1) is 6.92 Å². The number of aryl methyl sites for hydroxylation is 1. The molecule has 1 rings (SSSR count). The minimum Gasteiger partial charge on any atom is -0.493 e. The molecule has 1 aromatic rings. The van der Waals surface area contributed by atoms with E-state index >= 15 is 0 Å². The molecule has 0 aliphatic heterocycles. The monoisotopic (exact) mass is 286 g/mol. The summed E-state index contributed by atoms with van der Waals surface area (Å²) >= 11 is 3.46. The van der Waals surface area contributed by atoms with Gasteiger partial charge in [0.15, 0.2) is 0 Å². The molecule has 0 radical (unpaired) electrons. The van der Waals surface area contributed by atoms with Gasteiger partial charge in [0.25, 0.3) is 0 Å². The SMILES string of the molecule is COC(C)(C)CCOc1ccc(Br)c(C)c1. The van der Waals surface area contributed by atoms with Crippen LogP contribution in [0.5, 0.6) is 5.75 Å². The highest BCUT2D eigenvalue weighted by atomic mass is 79.9. The lowest BCUT2D eigenvalue weighted by molar-refractivity contribution is 0.00545. The van der Waals surface area contributed by atoms with Crippen molar-refractivity contribution >= 4 is 15.9 Å². The van der Waals surface area contributed by atoms with Crippen LogP contribution in [0.4, 0.5) is 0 Å². The highest BCUT2D eigenvalue weighted by Crippen LogP contribution is 2.22. The van der Waals surface area contributed by atoms with Gasteiger partial charge in [0, 0.05) is 18.0 Å². The molecule has 0 spiro atoms. The van der Waals surface area contributed by atoms with Crippen molar-refractivity contribution < 1.29 is 9.47 Å². The zero-order valence-electron chi connectivity index (χ0n) is 10.3. The first-order valence-electron chi connectivity index (χ1n) is 5.39. The van der Waals surface area contributed by atoms with Crippen LogP contribution in [0.25, 0.3) is 0 Å². The number of halogens is 1. The Kier molecular flexibility index (Phi) is 4.81. The number of ether oxygens (including phenoxy) is 2. The molecule has 0 aliphatic carbocycles. The van der Waals surface area contributed by atoms with Gasteiger partial charge in [0.2, 0.25) is 0 Å². The van der Waals surface area contributed by atoms with Crippen LogP contribution in [0.1, 0.15) is 25.8 Å². The van der Waals surface area contributed by atoms with Gasteiger partial charge in [-0.3, -0.25) is 0 Å². The highest BCUT2D eigenvalue weighted by molar-refractivity contribution is 9.10. The molecule has 0 aromatic heterocycles. The van der Waals surface area contributed by atoms with E-state index in [1.165, 1.54) is 5.56 Å². The van der Waals surface area contributed by atoms with E-state index in [4.69, 9.17) is 9.47 Å². The van der Waals surface area contributed by atoms with E-state index in [0.29, 0.717) is 6.61 Å². The Morgan fingerprint density at radius 1 is 1.31 bits per heavy atom. The summed E-state index contributed by atoms with van der Waals surface area (Å²) in [7, 11) is 1.73. The van der Waals surface area contributed by atoms with Crippen molar-refractivity contribution in [3.63, 3.8) is 0 Å². The van der Waals surface area contributed by atoms with E-state index < -0.39 is 0 Å². The van der Waals surface area contributed by atoms with Gasteiger partial charge in [-0.05, 0) is 44.5 Å². The summed E-state index contributed by atoms with van der Waals surface area (Å²) in [5.41, 5.74) is 1.06. The van der Waals surface area contributed by atoms with Crippen LogP contribution in [0.15, 0.2) is 22.7 Å². The average molecular weight is 287 g/mol. The molecule has 0 fully saturated rings. The fourth-order valence-electron chi connectivity index (χ4n) is 1.22. The van der Waals surface area contributed by atoms with Crippen LogP contribution in [0.2, 0.25) is 0 Å². The molecular weight excluding hydrogens is 268 g/mol. The number of benzene rings is 1. The predicted octanol–water partition coefficient (Wildman–Crippen LogP) is 3.95. The summed E-state index contributed by atoms with van der Waals surface area (Å²) in [6.07, 6.45) is 0.874. The predicted molar refractivity (Wildman–Crippen MR) is 70.1 cm³/mol. The quantitative estimate of drug-likeness (QED) is 0.816. The fourth-order valence-corrected chi connectivity index (χ4v) is 1.47. The molecule has 0 aliphatic rings. The van der Waals surface area contributed by atoms with Gasteiger partial charge in [-0.15, -0.1) is 0 Å². The van der Waals surface area contributed by atoms with Crippen LogP contribution < -0.4 is 4.74 Å². The summed E-state index contributed by atoms with van der Waals surface area (Å²) in [5.74, 6) is 0.910. The van der Waals surface area contributed by atoms with Crippen LogP contribution in [0.3, 0.4) is 0 Å². The van der Waals surface area contributed by atoms with Crippen LogP contribution in [-0.4, -0.2) is 19.3 Å². The maximum Gasteiger partial charge on any atom is 0.119 e. The zero-order valence-corrected chi connectivity index (χ0v) is 11.9. The lowest BCUT2D eigenvalue weighted by Crippen LogP contribution is -2.25. The Labute approximate surface area is 106 Å². The third-order valence-electron chi connectivity index (χ3n) is 2.65. The minimum absolute atomic E-state index is 0.121. The Hall–Kier alpha value is -0.540. The first kappa shape index (κ1) is 13.5. The zero-order chi connectivity index (χ0) is 12.2. The average Bonchev–Trinajstić information content (AvgIpc) is 2.23.